The molecule has 3 nitrogen and oxygen atoms in total. The number of hydrogen-bond acceptors (Lipinski definition) is 2. The van der Waals surface area contributed by atoms with E-state index in [0.29, 0.717) is 0 Å². The van der Waals surface area contributed by atoms with Crippen LogP contribution >= 0.6 is 0 Å². The third kappa shape index (κ3) is 5.36. The van der Waals surface area contributed by atoms with Crippen molar-refractivity contribution in [2.75, 3.05) is 6.54 Å². The van der Waals surface area contributed by atoms with Crippen molar-refractivity contribution in [1.29, 1.82) is 0 Å². The average Bonchev–Trinajstić information content (AvgIpc) is 2.58. The highest BCUT2D eigenvalue weighted by molar-refractivity contribution is 5.67. The summed E-state index contributed by atoms with van der Waals surface area (Å²) in [6.07, 6.45) is -0.333. The van der Waals surface area contributed by atoms with Crippen LogP contribution in [0.15, 0.2) is 42.5 Å². The molecule has 0 spiro atoms. The molecule has 0 saturated heterocycles. The molecular weight excluding hydrogens is 319 g/mol. The molecule has 6 heteroatoms. The Bertz CT molecular complexity index is 744. The van der Waals surface area contributed by atoms with Gasteiger partial charge in [0.2, 0.25) is 0 Å². The van der Waals surface area contributed by atoms with Crippen LogP contribution in [0.25, 0.3) is 0 Å². The van der Waals surface area contributed by atoms with E-state index in [0.717, 1.165) is 17.7 Å². The number of benzene rings is 2. The highest BCUT2D eigenvalue weighted by atomic mass is 19.2. The number of halogens is 3. The fourth-order valence-electron chi connectivity index (χ4n) is 1.79. The van der Waals surface area contributed by atoms with Gasteiger partial charge in [-0.2, -0.15) is 0 Å². The van der Waals surface area contributed by atoms with E-state index in [1.54, 1.807) is 0 Å². The van der Waals surface area contributed by atoms with Gasteiger partial charge in [0.1, 0.15) is 6.61 Å². The maximum Gasteiger partial charge on any atom is 0.407 e. The van der Waals surface area contributed by atoms with E-state index in [9.17, 15) is 18.0 Å². The second-order valence-electron chi connectivity index (χ2n) is 4.79. The number of ether oxygens (including phenoxy) is 1. The molecule has 0 atom stereocenters. The van der Waals surface area contributed by atoms with Gasteiger partial charge < -0.3 is 10.1 Å². The molecule has 0 aliphatic heterocycles. The van der Waals surface area contributed by atoms with Crippen molar-refractivity contribution in [2.24, 2.45) is 0 Å². The van der Waals surface area contributed by atoms with Crippen LogP contribution in [0.3, 0.4) is 0 Å². The number of amides is 1. The van der Waals surface area contributed by atoms with E-state index in [2.05, 4.69) is 17.2 Å². The molecule has 0 saturated carbocycles. The van der Waals surface area contributed by atoms with Gasteiger partial charge in [0.25, 0.3) is 0 Å². The number of nitrogens with one attached hydrogen (secondary N) is 1. The van der Waals surface area contributed by atoms with Gasteiger partial charge in [-0.3, -0.25) is 0 Å². The van der Waals surface area contributed by atoms with Crippen molar-refractivity contribution in [3.63, 3.8) is 0 Å². The van der Waals surface area contributed by atoms with Gasteiger partial charge in [-0.25, -0.2) is 18.0 Å². The topological polar surface area (TPSA) is 38.3 Å². The van der Waals surface area contributed by atoms with Gasteiger partial charge in [-0.1, -0.05) is 42.2 Å². The monoisotopic (exact) mass is 333 g/mol. The molecule has 0 aromatic heterocycles. The largest absolute Gasteiger partial charge is 0.445 e. The average molecular weight is 333 g/mol. The minimum absolute atomic E-state index is 0.0260. The SMILES string of the molecule is O=C(NCCC#Cc1cc(F)c(F)c(F)c1)OCc1ccccc1. The minimum Gasteiger partial charge on any atom is -0.445 e. The summed E-state index contributed by atoms with van der Waals surface area (Å²) in [4.78, 5) is 11.5. The highest BCUT2D eigenvalue weighted by Gasteiger charge is 2.09. The van der Waals surface area contributed by atoms with E-state index in [4.69, 9.17) is 4.74 Å². The van der Waals surface area contributed by atoms with E-state index in [1.807, 2.05) is 30.3 Å². The van der Waals surface area contributed by atoms with Crippen LogP contribution in [0, 0.1) is 29.3 Å². The Morgan fingerprint density at radius 3 is 2.42 bits per heavy atom. The van der Waals surface area contributed by atoms with Crippen LogP contribution in [0.1, 0.15) is 17.5 Å². The summed E-state index contributed by atoms with van der Waals surface area (Å²) in [6.45, 7) is 0.374. The summed E-state index contributed by atoms with van der Waals surface area (Å²) >= 11 is 0. The lowest BCUT2D eigenvalue weighted by Crippen LogP contribution is -2.24. The summed E-state index contributed by atoms with van der Waals surface area (Å²) in [5.41, 5.74) is 0.894. The number of carbonyl (C=O) groups is 1. The Hall–Kier alpha value is -2.94. The van der Waals surface area contributed by atoms with Gasteiger partial charge in [0, 0.05) is 18.5 Å². The second kappa shape index (κ2) is 8.63. The Morgan fingerprint density at radius 2 is 1.75 bits per heavy atom. The van der Waals surface area contributed by atoms with Crippen molar-refractivity contribution in [3.8, 4) is 11.8 Å². The molecule has 0 unspecified atom stereocenters. The normalized spacial score (nSPS) is 9.79. The standard InChI is InChI=1S/C18H14F3NO2/c19-15-10-14(11-16(20)17(15)21)8-4-5-9-22-18(23)24-12-13-6-2-1-3-7-13/h1-3,6-7,10-11H,5,9,12H2,(H,22,23). The lowest BCUT2D eigenvalue weighted by atomic mass is 10.2. The lowest BCUT2D eigenvalue weighted by Gasteiger charge is -2.05. The zero-order chi connectivity index (χ0) is 17.4. The molecule has 2 aromatic carbocycles. The first-order valence-corrected chi connectivity index (χ1v) is 7.14. The molecule has 0 radical (unpaired) electrons. The summed E-state index contributed by atoms with van der Waals surface area (Å²) in [5.74, 6) is 1.02. The van der Waals surface area contributed by atoms with Gasteiger partial charge in [-0.15, -0.1) is 0 Å². The Kier molecular flexibility index (Phi) is 6.26. The number of alkyl carbamates (subject to hydrolysis) is 1. The number of carbonyl (C=O) groups excluding carboxylic acids is 1. The Balaban J connectivity index is 1.72. The summed E-state index contributed by atoms with van der Waals surface area (Å²) in [6, 6.07) is 10.8. The smallest absolute Gasteiger partial charge is 0.407 e. The van der Waals surface area contributed by atoms with Crippen LogP contribution < -0.4 is 5.32 Å². The molecule has 0 heterocycles. The fraction of sp³-hybridized carbons (Fsp3) is 0.167. The third-order valence-electron chi connectivity index (χ3n) is 2.95. The number of rotatable bonds is 4. The van der Waals surface area contributed by atoms with Gasteiger partial charge in [0.15, 0.2) is 17.5 Å². The predicted octanol–water partition coefficient (Wildman–Crippen LogP) is 3.77. The molecule has 0 aliphatic carbocycles. The lowest BCUT2D eigenvalue weighted by molar-refractivity contribution is 0.140. The third-order valence-corrected chi connectivity index (χ3v) is 2.95. The van der Waals surface area contributed by atoms with Gasteiger partial charge in [0.05, 0.1) is 0 Å². The van der Waals surface area contributed by atoms with Gasteiger partial charge in [-0.05, 0) is 17.7 Å². The zero-order valence-electron chi connectivity index (χ0n) is 12.6. The minimum atomic E-state index is -1.52. The van der Waals surface area contributed by atoms with Gasteiger partial charge >= 0.3 is 6.09 Å². The number of hydrogen-bond donors (Lipinski definition) is 1. The summed E-state index contributed by atoms with van der Waals surface area (Å²) in [5, 5.41) is 2.50. The molecular formula is C18H14F3NO2. The Labute approximate surface area is 137 Å². The summed E-state index contributed by atoms with van der Waals surface area (Å²) < 4.78 is 43.8. The summed E-state index contributed by atoms with van der Waals surface area (Å²) in [7, 11) is 0. The van der Waals surface area contributed by atoms with E-state index < -0.39 is 23.5 Å². The predicted molar refractivity (Wildman–Crippen MR) is 82.4 cm³/mol. The van der Waals surface area contributed by atoms with Crippen LogP contribution in [-0.4, -0.2) is 12.6 Å². The zero-order valence-corrected chi connectivity index (χ0v) is 12.6. The van der Waals surface area contributed by atoms with Crippen molar-refractivity contribution in [3.05, 3.63) is 71.0 Å². The molecule has 2 aromatic rings. The first-order chi connectivity index (χ1) is 11.6. The van der Waals surface area contributed by atoms with E-state index >= 15 is 0 Å². The molecule has 24 heavy (non-hydrogen) atoms. The van der Waals surface area contributed by atoms with Crippen molar-refractivity contribution < 1.29 is 22.7 Å². The first-order valence-electron chi connectivity index (χ1n) is 7.14. The molecule has 0 bridgehead atoms. The van der Waals surface area contributed by atoms with E-state index in [1.165, 1.54) is 0 Å². The van der Waals surface area contributed by atoms with Crippen molar-refractivity contribution >= 4 is 6.09 Å². The maximum atomic E-state index is 13.0. The molecule has 0 aliphatic rings. The Morgan fingerprint density at radius 1 is 1.08 bits per heavy atom. The first kappa shape index (κ1) is 17.4. The van der Waals surface area contributed by atoms with Crippen LogP contribution in [0.5, 0.6) is 0 Å². The quantitative estimate of drug-likeness (QED) is 0.525. The van der Waals surface area contributed by atoms with Crippen LogP contribution in [-0.2, 0) is 11.3 Å². The maximum absolute atomic E-state index is 13.0. The molecule has 1 N–H and O–H groups in total. The molecule has 2 rings (SSSR count). The molecule has 0 fully saturated rings. The molecule has 1 amide bonds. The molecule has 124 valence electrons. The fourth-order valence-corrected chi connectivity index (χ4v) is 1.79. The van der Waals surface area contributed by atoms with Crippen LogP contribution in [0.4, 0.5) is 18.0 Å². The second-order valence-corrected chi connectivity index (χ2v) is 4.79. The van der Waals surface area contributed by atoms with Crippen molar-refractivity contribution in [2.45, 2.75) is 13.0 Å². The van der Waals surface area contributed by atoms with E-state index in [-0.39, 0.29) is 25.1 Å². The highest BCUT2D eigenvalue weighted by Crippen LogP contribution is 2.12. The van der Waals surface area contributed by atoms with Crippen molar-refractivity contribution in [1.82, 2.24) is 5.32 Å². The van der Waals surface area contributed by atoms with Crippen LogP contribution in [0.2, 0.25) is 0 Å².